The highest BCUT2D eigenvalue weighted by Crippen LogP contribution is 2.36. The van der Waals surface area contributed by atoms with E-state index in [2.05, 4.69) is 5.32 Å². The van der Waals surface area contributed by atoms with Crippen molar-refractivity contribution in [1.29, 1.82) is 0 Å². The average molecular weight is 521 g/mol. The topological polar surface area (TPSA) is 122 Å². The minimum absolute atomic E-state index is 0.0143. The van der Waals surface area contributed by atoms with Crippen LogP contribution in [0.15, 0.2) is 64.4 Å². The Morgan fingerprint density at radius 1 is 1.09 bits per heavy atom. The molecule has 0 spiro atoms. The summed E-state index contributed by atoms with van der Waals surface area (Å²) in [4.78, 5) is 26.2. The van der Waals surface area contributed by atoms with Crippen LogP contribution >= 0.6 is 23.1 Å². The number of amides is 2. The summed E-state index contributed by atoms with van der Waals surface area (Å²) >= 11 is 2.93. The number of benzene rings is 2. The van der Waals surface area contributed by atoms with Gasteiger partial charge in [-0.3, -0.25) is 14.8 Å². The number of ether oxygens (including phenoxy) is 1. The Balaban J connectivity index is 1.35. The molecule has 3 aromatic rings. The molecule has 0 radical (unpaired) electrons. The fourth-order valence-corrected chi connectivity index (χ4v) is 7.56. The van der Waals surface area contributed by atoms with Crippen LogP contribution in [0.3, 0.4) is 0 Å². The first-order valence-corrected chi connectivity index (χ1v) is 13.9. The van der Waals surface area contributed by atoms with Gasteiger partial charge in [0, 0.05) is 35.1 Å². The zero-order valence-corrected chi connectivity index (χ0v) is 20.6. The molecule has 2 heterocycles. The molecule has 4 rings (SSSR count). The lowest BCUT2D eigenvalue weighted by Gasteiger charge is -2.34. The van der Waals surface area contributed by atoms with Crippen LogP contribution in [0.1, 0.15) is 22.5 Å². The minimum Gasteiger partial charge on any atom is -0.381 e. The number of hydroxylamine groups is 1. The van der Waals surface area contributed by atoms with Crippen LogP contribution in [0, 0.1) is 0 Å². The normalized spacial score (nSPS) is 15.7. The quantitative estimate of drug-likeness (QED) is 0.180. The van der Waals surface area contributed by atoms with Crippen molar-refractivity contribution in [3.05, 3.63) is 59.5 Å². The molecule has 3 N–H and O–H groups in total. The SMILES string of the molecule is O=C(NCCSc1ccc(S(=O)(=O)C2(C(=O)NO)CCOCC2)cc1)c1cc2ccccc2s1. The van der Waals surface area contributed by atoms with E-state index in [9.17, 15) is 18.0 Å². The molecule has 1 aliphatic heterocycles. The predicted octanol–water partition coefficient (Wildman–Crippen LogP) is 3.25. The second kappa shape index (κ2) is 10.4. The summed E-state index contributed by atoms with van der Waals surface area (Å²) in [6.45, 7) is 0.694. The van der Waals surface area contributed by atoms with Gasteiger partial charge in [-0.1, -0.05) is 18.2 Å². The smallest absolute Gasteiger partial charge is 0.265 e. The van der Waals surface area contributed by atoms with Crippen molar-refractivity contribution in [1.82, 2.24) is 10.8 Å². The van der Waals surface area contributed by atoms with Gasteiger partial charge in [0.05, 0.1) is 9.77 Å². The molecule has 1 fully saturated rings. The van der Waals surface area contributed by atoms with E-state index in [0.29, 0.717) is 17.2 Å². The molecule has 2 aromatic carbocycles. The van der Waals surface area contributed by atoms with E-state index in [1.54, 1.807) is 12.1 Å². The van der Waals surface area contributed by atoms with E-state index >= 15 is 0 Å². The van der Waals surface area contributed by atoms with Gasteiger partial charge in [-0.2, -0.15) is 0 Å². The first kappa shape index (κ1) is 24.7. The van der Waals surface area contributed by atoms with Crippen molar-refractivity contribution in [2.75, 3.05) is 25.5 Å². The molecular formula is C23H24N2O6S3. The molecule has 0 atom stereocenters. The van der Waals surface area contributed by atoms with E-state index in [4.69, 9.17) is 9.94 Å². The second-order valence-corrected chi connectivity index (χ2v) is 12.3. The third-order valence-corrected chi connectivity index (χ3v) is 10.4. The highest BCUT2D eigenvalue weighted by molar-refractivity contribution is 7.99. The number of hydrogen-bond donors (Lipinski definition) is 3. The van der Waals surface area contributed by atoms with Gasteiger partial charge in [-0.15, -0.1) is 23.1 Å². The largest absolute Gasteiger partial charge is 0.381 e. The molecule has 1 aromatic heterocycles. The van der Waals surface area contributed by atoms with Crippen LogP contribution in [-0.4, -0.2) is 55.7 Å². The zero-order chi connectivity index (χ0) is 24.2. The van der Waals surface area contributed by atoms with Crippen molar-refractivity contribution in [3.8, 4) is 0 Å². The summed E-state index contributed by atoms with van der Waals surface area (Å²) in [5.74, 6) is -0.451. The van der Waals surface area contributed by atoms with Crippen LogP contribution in [0.2, 0.25) is 0 Å². The van der Waals surface area contributed by atoms with E-state index in [0.717, 1.165) is 15.0 Å². The number of thiophene rings is 1. The first-order chi connectivity index (χ1) is 16.4. The number of rotatable bonds is 8. The van der Waals surface area contributed by atoms with Crippen molar-refractivity contribution >= 4 is 54.8 Å². The van der Waals surface area contributed by atoms with Crippen LogP contribution in [0.5, 0.6) is 0 Å². The maximum atomic E-state index is 13.3. The van der Waals surface area contributed by atoms with E-state index in [1.165, 1.54) is 40.7 Å². The van der Waals surface area contributed by atoms with Gasteiger partial charge >= 0.3 is 0 Å². The first-order valence-electron chi connectivity index (χ1n) is 10.6. The summed E-state index contributed by atoms with van der Waals surface area (Å²) in [5, 5.41) is 13.1. The van der Waals surface area contributed by atoms with Crippen LogP contribution in [0.4, 0.5) is 0 Å². The second-order valence-electron chi connectivity index (χ2n) is 7.78. The lowest BCUT2D eigenvalue weighted by Crippen LogP contribution is -2.54. The molecule has 0 bridgehead atoms. The van der Waals surface area contributed by atoms with Gasteiger partial charge in [0.1, 0.15) is 0 Å². The Kier molecular flexibility index (Phi) is 7.58. The molecule has 0 saturated carbocycles. The molecule has 0 aliphatic carbocycles. The van der Waals surface area contributed by atoms with E-state index in [1.807, 2.05) is 30.3 Å². The Labute approximate surface area is 205 Å². The third-order valence-electron chi connectivity index (χ3n) is 5.77. The van der Waals surface area contributed by atoms with Crippen molar-refractivity contribution in [2.24, 2.45) is 0 Å². The summed E-state index contributed by atoms with van der Waals surface area (Å²) < 4.78 is 31.1. The standard InChI is InChI=1S/C23H24N2O6S3/c26-21(20-15-16-3-1-2-4-19(16)33-20)24-11-14-32-17-5-7-18(8-6-17)34(29,30)23(22(27)25-28)9-12-31-13-10-23/h1-8,15,28H,9-14H2,(H,24,26)(H,25,27). The van der Waals surface area contributed by atoms with Gasteiger partial charge in [-0.05, 0) is 54.6 Å². The number of nitrogens with one attached hydrogen (secondary N) is 2. The number of fused-ring (bicyclic) bond motifs is 1. The lowest BCUT2D eigenvalue weighted by atomic mass is 9.98. The summed E-state index contributed by atoms with van der Waals surface area (Å²) in [6, 6.07) is 16.0. The molecule has 8 nitrogen and oxygen atoms in total. The van der Waals surface area contributed by atoms with Gasteiger partial charge in [0.2, 0.25) is 0 Å². The maximum Gasteiger partial charge on any atom is 0.265 e. The third kappa shape index (κ3) is 4.84. The minimum atomic E-state index is -4.05. The van der Waals surface area contributed by atoms with Crippen molar-refractivity contribution in [2.45, 2.75) is 27.4 Å². The zero-order valence-electron chi connectivity index (χ0n) is 18.2. The number of hydrogen-bond acceptors (Lipinski definition) is 8. The number of sulfone groups is 1. The monoisotopic (exact) mass is 520 g/mol. The fraction of sp³-hybridized carbons (Fsp3) is 0.304. The molecule has 11 heteroatoms. The van der Waals surface area contributed by atoms with Crippen LogP contribution in [-0.2, 0) is 19.4 Å². The van der Waals surface area contributed by atoms with E-state index in [-0.39, 0.29) is 36.9 Å². The molecule has 1 aliphatic rings. The number of carbonyl (C=O) groups is 2. The Morgan fingerprint density at radius 2 is 1.79 bits per heavy atom. The number of thioether (sulfide) groups is 1. The summed E-state index contributed by atoms with van der Waals surface area (Å²) in [6.07, 6.45) is -0.0601. The van der Waals surface area contributed by atoms with E-state index < -0.39 is 20.5 Å². The molecular weight excluding hydrogens is 496 g/mol. The molecule has 2 amide bonds. The highest BCUT2D eigenvalue weighted by atomic mass is 32.2. The van der Waals surface area contributed by atoms with Gasteiger partial charge in [0.15, 0.2) is 14.6 Å². The molecule has 180 valence electrons. The Morgan fingerprint density at radius 3 is 2.47 bits per heavy atom. The van der Waals surface area contributed by atoms with Crippen LogP contribution < -0.4 is 10.8 Å². The van der Waals surface area contributed by atoms with Crippen LogP contribution in [0.25, 0.3) is 10.1 Å². The Bertz CT molecular complexity index is 1250. The van der Waals surface area contributed by atoms with Crippen molar-refractivity contribution in [3.63, 3.8) is 0 Å². The summed E-state index contributed by atoms with van der Waals surface area (Å²) in [7, 11) is -4.05. The Hall–Kier alpha value is -2.44. The maximum absolute atomic E-state index is 13.3. The highest BCUT2D eigenvalue weighted by Gasteiger charge is 2.52. The molecule has 34 heavy (non-hydrogen) atoms. The predicted molar refractivity (Wildman–Crippen MR) is 131 cm³/mol. The molecule has 1 saturated heterocycles. The van der Waals surface area contributed by atoms with Crippen molar-refractivity contribution < 1.29 is 28.0 Å². The number of carbonyl (C=O) groups excluding carboxylic acids is 2. The van der Waals surface area contributed by atoms with Gasteiger partial charge in [-0.25, -0.2) is 13.9 Å². The molecule has 0 unspecified atom stereocenters. The average Bonchev–Trinajstić information content (AvgIpc) is 3.31. The van der Waals surface area contributed by atoms with Gasteiger partial charge in [0.25, 0.3) is 11.8 Å². The van der Waals surface area contributed by atoms with Gasteiger partial charge < -0.3 is 10.1 Å². The fourth-order valence-electron chi connectivity index (χ4n) is 3.88. The lowest BCUT2D eigenvalue weighted by molar-refractivity contribution is -0.134. The summed E-state index contributed by atoms with van der Waals surface area (Å²) in [5.41, 5.74) is 1.51.